The van der Waals surface area contributed by atoms with Crippen LogP contribution in [0.5, 0.6) is 0 Å². The van der Waals surface area contributed by atoms with Gasteiger partial charge in [0.15, 0.2) is 0 Å². The molecule has 0 amide bonds. The van der Waals surface area contributed by atoms with Crippen LogP contribution in [0.25, 0.3) is 0 Å². The van der Waals surface area contributed by atoms with Crippen molar-refractivity contribution in [3.63, 3.8) is 0 Å². The molecule has 0 fully saturated rings. The van der Waals surface area contributed by atoms with E-state index in [1.54, 1.807) is 12.1 Å². The highest BCUT2D eigenvalue weighted by Gasteiger charge is 2.03. The second-order valence-corrected chi connectivity index (χ2v) is 4.82. The molecular formula is C15H18ClN3O. The average Bonchev–Trinajstić information content (AvgIpc) is 2.50. The summed E-state index contributed by atoms with van der Waals surface area (Å²) in [6.07, 6.45) is 1.98. The molecule has 0 atom stereocenters. The van der Waals surface area contributed by atoms with E-state index in [0.29, 0.717) is 29.7 Å². The van der Waals surface area contributed by atoms with Crippen LogP contribution in [0, 0.1) is 0 Å². The fraction of sp³-hybridized carbons (Fsp3) is 0.267. The summed E-state index contributed by atoms with van der Waals surface area (Å²) in [6.45, 7) is 1.07. The number of rotatable bonds is 7. The molecule has 0 saturated carbocycles. The highest BCUT2D eigenvalue weighted by Crippen LogP contribution is 2.17. The van der Waals surface area contributed by atoms with E-state index in [1.165, 1.54) is 5.56 Å². The molecule has 4 nitrogen and oxygen atoms in total. The Morgan fingerprint density at radius 2 is 1.95 bits per heavy atom. The molecule has 0 spiro atoms. The van der Waals surface area contributed by atoms with Crippen LogP contribution in [0.4, 0.5) is 5.82 Å². The second kappa shape index (κ2) is 7.85. The number of ether oxygens (including phenoxy) is 1. The number of halogens is 1. The lowest BCUT2D eigenvalue weighted by Gasteiger charge is -2.07. The Labute approximate surface area is 123 Å². The van der Waals surface area contributed by atoms with Gasteiger partial charge in [-0.3, -0.25) is 0 Å². The third-order valence-corrected chi connectivity index (χ3v) is 3.25. The Kier molecular flexibility index (Phi) is 5.80. The number of nitrogens with two attached hydrogens (primary N) is 1. The number of aromatic nitrogens is 1. The van der Waals surface area contributed by atoms with Gasteiger partial charge in [0.25, 0.3) is 0 Å². The lowest BCUT2D eigenvalue weighted by Crippen LogP contribution is -2.10. The molecule has 0 aliphatic carbocycles. The zero-order valence-electron chi connectivity index (χ0n) is 11.2. The number of hydrogen-bond donors (Lipinski definition) is 2. The quantitative estimate of drug-likeness (QED) is 0.467. The number of aryl methyl sites for hydroxylation is 1. The SMILES string of the molecule is NNc1ccc(Cl)c(COCCCc2ccccc2)n1. The standard InChI is InChI=1S/C15H18ClN3O/c16-13-8-9-15(19-17)18-14(13)11-20-10-4-7-12-5-2-1-3-6-12/h1-3,5-6,8-9H,4,7,10-11,17H2,(H,18,19). The predicted molar refractivity (Wildman–Crippen MR) is 81.5 cm³/mol. The summed E-state index contributed by atoms with van der Waals surface area (Å²) in [4.78, 5) is 4.25. The first-order valence-electron chi connectivity index (χ1n) is 6.53. The molecule has 1 heterocycles. The minimum Gasteiger partial charge on any atom is -0.375 e. The smallest absolute Gasteiger partial charge is 0.140 e. The van der Waals surface area contributed by atoms with Crippen molar-refractivity contribution in [2.75, 3.05) is 12.0 Å². The summed E-state index contributed by atoms with van der Waals surface area (Å²) < 4.78 is 5.61. The second-order valence-electron chi connectivity index (χ2n) is 4.41. The Balaban J connectivity index is 1.73. The van der Waals surface area contributed by atoms with Crippen LogP contribution in [0.3, 0.4) is 0 Å². The fourth-order valence-corrected chi connectivity index (χ4v) is 2.02. The maximum absolute atomic E-state index is 6.05. The van der Waals surface area contributed by atoms with E-state index in [9.17, 15) is 0 Å². The van der Waals surface area contributed by atoms with Crippen molar-refractivity contribution in [1.82, 2.24) is 4.98 Å². The average molecular weight is 292 g/mol. The summed E-state index contributed by atoms with van der Waals surface area (Å²) in [5, 5.41) is 0.590. The Morgan fingerprint density at radius 3 is 2.70 bits per heavy atom. The van der Waals surface area contributed by atoms with Gasteiger partial charge in [-0.15, -0.1) is 0 Å². The van der Waals surface area contributed by atoms with E-state index >= 15 is 0 Å². The number of hydrazine groups is 1. The molecule has 0 radical (unpaired) electrons. The summed E-state index contributed by atoms with van der Waals surface area (Å²) in [6, 6.07) is 13.8. The van der Waals surface area contributed by atoms with Crippen LogP contribution in [-0.4, -0.2) is 11.6 Å². The third-order valence-electron chi connectivity index (χ3n) is 2.90. The molecule has 0 saturated heterocycles. The van der Waals surface area contributed by atoms with E-state index in [2.05, 4.69) is 22.5 Å². The van der Waals surface area contributed by atoms with Crippen molar-refractivity contribution < 1.29 is 4.74 Å². The van der Waals surface area contributed by atoms with E-state index < -0.39 is 0 Å². The number of pyridine rings is 1. The van der Waals surface area contributed by atoms with Gasteiger partial charge in [-0.2, -0.15) is 0 Å². The maximum Gasteiger partial charge on any atom is 0.140 e. The Morgan fingerprint density at radius 1 is 1.15 bits per heavy atom. The molecule has 0 aliphatic rings. The summed E-state index contributed by atoms with van der Waals surface area (Å²) in [7, 11) is 0. The van der Waals surface area contributed by atoms with Gasteiger partial charge >= 0.3 is 0 Å². The molecule has 20 heavy (non-hydrogen) atoms. The van der Waals surface area contributed by atoms with Crippen molar-refractivity contribution in [1.29, 1.82) is 0 Å². The van der Waals surface area contributed by atoms with Gasteiger partial charge in [-0.1, -0.05) is 41.9 Å². The third kappa shape index (κ3) is 4.49. The van der Waals surface area contributed by atoms with Crippen LogP contribution in [0.2, 0.25) is 5.02 Å². The van der Waals surface area contributed by atoms with E-state index in [0.717, 1.165) is 12.8 Å². The van der Waals surface area contributed by atoms with E-state index in [-0.39, 0.29) is 0 Å². The number of hydrogen-bond acceptors (Lipinski definition) is 4. The van der Waals surface area contributed by atoms with Gasteiger partial charge in [-0.05, 0) is 30.5 Å². The summed E-state index contributed by atoms with van der Waals surface area (Å²) in [5.74, 6) is 5.89. The molecule has 106 valence electrons. The van der Waals surface area contributed by atoms with Crippen molar-refractivity contribution in [2.45, 2.75) is 19.4 Å². The van der Waals surface area contributed by atoms with Crippen LogP contribution in [0.15, 0.2) is 42.5 Å². The Bertz CT molecular complexity index is 534. The van der Waals surface area contributed by atoms with Crippen LogP contribution in [0.1, 0.15) is 17.7 Å². The van der Waals surface area contributed by atoms with E-state index in [1.807, 2.05) is 18.2 Å². The van der Waals surface area contributed by atoms with Gasteiger partial charge in [0, 0.05) is 6.61 Å². The highest BCUT2D eigenvalue weighted by molar-refractivity contribution is 6.31. The molecule has 3 N–H and O–H groups in total. The topological polar surface area (TPSA) is 60.2 Å². The van der Waals surface area contributed by atoms with Crippen LogP contribution < -0.4 is 11.3 Å². The zero-order chi connectivity index (χ0) is 14.2. The number of nitrogens with zero attached hydrogens (tertiary/aromatic N) is 1. The van der Waals surface area contributed by atoms with Crippen molar-refractivity contribution >= 4 is 17.4 Å². The molecule has 5 heteroatoms. The molecule has 2 aromatic rings. The van der Waals surface area contributed by atoms with Crippen molar-refractivity contribution in [3.8, 4) is 0 Å². The number of benzene rings is 1. The van der Waals surface area contributed by atoms with Crippen LogP contribution >= 0.6 is 11.6 Å². The normalized spacial score (nSPS) is 10.5. The zero-order valence-corrected chi connectivity index (χ0v) is 11.9. The molecule has 1 aromatic carbocycles. The first-order chi connectivity index (χ1) is 9.79. The molecule has 0 unspecified atom stereocenters. The van der Waals surface area contributed by atoms with Gasteiger partial charge in [0.1, 0.15) is 5.82 Å². The predicted octanol–water partition coefficient (Wildman–Crippen LogP) is 3.17. The molecule has 2 rings (SSSR count). The molecule has 0 bridgehead atoms. The maximum atomic E-state index is 6.05. The first kappa shape index (κ1) is 14.8. The largest absolute Gasteiger partial charge is 0.375 e. The summed E-state index contributed by atoms with van der Waals surface area (Å²) in [5.41, 5.74) is 4.51. The lowest BCUT2D eigenvalue weighted by atomic mass is 10.1. The molecule has 0 aliphatic heterocycles. The number of anilines is 1. The van der Waals surface area contributed by atoms with Gasteiger partial charge in [0.05, 0.1) is 17.3 Å². The lowest BCUT2D eigenvalue weighted by molar-refractivity contribution is 0.116. The minimum atomic E-state index is 0.392. The van der Waals surface area contributed by atoms with Crippen molar-refractivity contribution in [2.24, 2.45) is 5.84 Å². The molecule has 1 aromatic heterocycles. The Hall–Kier alpha value is -1.62. The van der Waals surface area contributed by atoms with E-state index in [4.69, 9.17) is 22.2 Å². The monoisotopic (exact) mass is 291 g/mol. The molecular weight excluding hydrogens is 274 g/mol. The number of nitrogens with one attached hydrogen (secondary N) is 1. The van der Waals surface area contributed by atoms with Gasteiger partial charge < -0.3 is 10.2 Å². The first-order valence-corrected chi connectivity index (χ1v) is 6.91. The fourth-order valence-electron chi connectivity index (χ4n) is 1.86. The minimum absolute atomic E-state index is 0.392. The van der Waals surface area contributed by atoms with Crippen LogP contribution in [-0.2, 0) is 17.8 Å². The highest BCUT2D eigenvalue weighted by atomic mass is 35.5. The van der Waals surface area contributed by atoms with Crippen molar-refractivity contribution in [3.05, 3.63) is 58.7 Å². The van der Waals surface area contributed by atoms with Gasteiger partial charge in [0.2, 0.25) is 0 Å². The number of nitrogen functional groups attached to an aromatic ring is 1. The summed E-state index contributed by atoms with van der Waals surface area (Å²) >= 11 is 6.05. The van der Waals surface area contributed by atoms with Gasteiger partial charge in [-0.25, -0.2) is 10.8 Å².